The molecule has 0 aliphatic carbocycles. The topological polar surface area (TPSA) is 322 Å². The summed E-state index contributed by atoms with van der Waals surface area (Å²) in [6, 6.07) is 14.8. The normalized spacial score (nSPS) is 18.4. The molecule has 2 atom stereocenters. The highest BCUT2D eigenvalue weighted by Crippen LogP contribution is 2.38. The number of halogens is 2. The van der Waals surface area contributed by atoms with Gasteiger partial charge >= 0.3 is 38.6 Å². The number of rotatable bonds is 16. The van der Waals surface area contributed by atoms with Gasteiger partial charge in [-0.25, -0.2) is 39.1 Å². The van der Waals surface area contributed by atoms with E-state index in [2.05, 4.69) is 62.2 Å². The molecule has 0 spiro atoms. The molecule has 0 saturated carbocycles. The van der Waals surface area contributed by atoms with Crippen LogP contribution in [-0.2, 0) is 53.0 Å². The number of aryl methyl sites for hydroxylation is 1. The van der Waals surface area contributed by atoms with Crippen molar-refractivity contribution in [2.75, 3.05) is 56.9 Å². The number of aromatic nitrogens is 6. The largest absolute Gasteiger partial charge is 0.444 e. The Morgan fingerprint density at radius 2 is 1.24 bits per heavy atom. The molecule has 5 aromatic rings. The molecule has 5 aliphatic rings. The molecule has 104 heavy (non-hydrogen) atoms. The van der Waals surface area contributed by atoms with Gasteiger partial charge in [0.15, 0.2) is 0 Å². The van der Waals surface area contributed by atoms with E-state index in [-0.39, 0.29) is 72.0 Å². The summed E-state index contributed by atoms with van der Waals surface area (Å²) in [5, 5.41) is 26.9. The Hall–Kier alpha value is -7.64. The first-order valence-corrected chi connectivity index (χ1v) is 36.2. The van der Waals surface area contributed by atoms with Crippen molar-refractivity contribution in [3.8, 4) is 11.3 Å². The molecule has 2 aromatic carbocycles. The van der Waals surface area contributed by atoms with E-state index in [1.54, 1.807) is 76.0 Å². The van der Waals surface area contributed by atoms with Gasteiger partial charge in [0.25, 0.3) is 0 Å². The Labute approximate surface area is 627 Å². The van der Waals surface area contributed by atoms with Crippen molar-refractivity contribution in [2.24, 2.45) is 17.8 Å². The number of urea groups is 2. The van der Waals surface area contributed by atoms with Gasteiger partial charge < -0.3 is 84.6 Å². The summed E-state index contributed by atoms with van der Waals surface area (Å²) in [7, 11) is 4.49. The minimum absolute atomic E-state index is 0.0628. The number of hydrogen-bond donors (Lipinski definition) is 6. The third-order valence-electron chi connectivity index (χ3n) is 17.7. The number of amides is 6. The van der Waals surface area contributed by atoms with E-state index in [4.69, 9.17) is 55.2 Å². The zero-order valence-electron chi connectivity index (χ0n) is 64.0. The van der Waals surface area contributed by atoms with Crippen molar-refractivity contribution in [1.82, 2.24) is 59.9 Å². The fraction of sp³-hybridized carbons (Fsp3) is 0.583. The minimum atomic E-state index is -0.951. The maximum Gasteiger partial charge on any atom is 0.439 e. The standard InChI is InChI=1S/C30H40N8O4.C22H32BrN3O4.C12H25B2O4.C8H10ClN5/c1-19(2)41-23-17-38(18-23)28(39)35-26-10-12-37(29(40)42-30(3,4)5)15-21-13-20(7-8-24(21)26)25-9-11-31-27(34-25)33-22-14-32-36(6)16-22;1-14(2)29-17-12-26(13-17)20(27)24-19-8-9-25(21(28)30-22(3,4)5)11-15-10-16(23)6-7-18(15)19;1-9(2,15)10(3,4)16-13-14-17-11(5,6)12(7,8)18-14;1-11-5-6(4-10)13-8-12-3-2-7(9)14-8/h7-9,11,13-14,16,19,23,26H,10,12,15,17-18H2,1-6H3,(H,35,39)(H,31,33,34);6-7,10,14,17,19H,8-9,11-13H2,1-5H3,(H,24,27);15H,1-8H3;2-5H,10H2,1H3,(H,12,13,14). The Bertz CT molecular complexity index is 3760. The summed E-state index contributed by atoms with van der Waals surface area (Å²) in [6.07, 6.45) is 10.6. The third-order valence-corrected chi connectivity index (χ3v) is 18.4. The number of likely N-dealkylation sites (tertiary alicyclic amines) is 2. The number of aliphatic imine (C=N–C) groups is 1. The number of nitrogens with zero attached hydrogens (tertiary/aromatic N) is 11. The summed E-state index contributed by atoms with van der Waals surface area (Å²) in [5.74, 6) is 0.833. The molecule has 7 N–H and O–H groups in total. The van der Waals surface area contributed by atoms with Crippen molar-refractivity contribution in [3.05, 3.63) is 117 Å². The van der Waals surface area contributed by atoms with Crippen LogP contribution < -0.4 is 27.0 Å². The van der Waals surface area contributed by atoms with E-state index in [0.29, 0.717) is 87.9 Å². The van der Waals surface area contributed by atoms with Gasteiger partial charge in [0.2, 0.25) is 11.9 Å². The first-order valence-electron chi connectivity index (χ1n) is 35.1. The lowest BCUT2D eigenvalue weighted by Crippen LogP contribution is -2.58. The molecule has 3 fully saturated rings. The number of benzene rings is 2. The Morgan fingerprint density at radius 1 is 0.740 bits per heavy atom. The number of ether oxygens (including phenoxy) is 4. The van der Waals surface area contributed by atoms with Gasteiger partial charge in [-0.3, -0.25) is 9.67 Å². The predicted molar refractivity (Wildman–Crippen MR) is 407 cm³/mol. The second kappa shape index (κ2) is 35.6. The second-order valence-corrected chi connectivity index (χ2v) is 31.9. The number of nitrogens with one attached hydrogen (secondary N) is 4. The number of allylic oxidation sites excluding steroid dienone is 1. The van der Waals surface area contributed by atoms with Crippen molar-refractivity contribution in [2.45, 2.75) is 221 Å². The van der Waals surface area contributed by atoms with Gasteiger partial charge in [-0.15, -0.1) is 0 Å². The number of aliphatic hydroxyl groups is 1. The zero-order valence-corrected chi connectivity index (χ0v) is 66.3. The molecule has 5 aliphatic heterocycles. The maximum atomic E-state index is 13.2. The molecule has 1 radical (unpaired) electrons. The smallest absolute Gasteiger partial charge is 0.439 e. The van der Waals surface area contributed by atoms with Gasteiger partial charge in [-0.05, 0) is 190 Å². The number of anilines is 3. The number of carbonyl (C=O) groups is 4. The van der Waals surface area contributed by atoms with Gasteiger partial charge in [-0.2, -0.15) is 5.10 Å². The molecule has 6 amide bonds. The first kappa shape index (κ1) is 83.6. The molecule has 2 unspecified atom stereocenters. The quantitative estimate of drug-likeness (QED) is 0.0304. The first-order chi connectivity index (χ1) is 48.5. The van der Waals surface area contributed by atoms with Crippen LogP contribution in [0.15, 0.2) is 94.7 Å². The molecular formula is C72H107B2BrClN16O12. The van der Waals surface area contributed by atoms with Crippen molar-refractivity contribution in [1.29, 1.82) is 0 Å². The fourth-order valence-corrected chi connectivity index (χ4v) is 11.5. The molecule has 32 heteroatoms. The Balaban J connectivity index is 0.000000212. The lowest BCUT2D eigenvalue weighted by molar-refractivity contribution is -0.0894. The molecule has 3 aromatic heterocycles. The van der Waals surface area contributed by atoms with Crippen molar-refractivity contribution in [3.63, 3.8) is 0 Å². The number of carbonyl (C=O) groups excluding carboxylic acids is 4. The van der Waals surface area contributed by atoms with Gasteiger partial charge in [0, 0.05) is 81.3 Å². The third kappa shape index (κ3) is 24.7. The average molecular weight is 1530 g/mol. The molecule has 28 nitrogen and oxygen atoms in total. The Kier molecular flexibility index (Phi) is 28.7. The van der Waals surface area contributed by atoms with Gasteiger partial charge in [0.05, 0.1) is 108 Å². The van der Waals surface area contributed by atoms with E-state index in [0.717, 1.165) is 43.7 Å². The lowest BCUT2D eigenvalue weighted by atomic mass is 9.55. The Morgan fingerprint density at radius 3 is 1.70 bits per heavy atom. The highest BCUT2D eigenvalue weighted by molar-refractivity contribution is 9.10. The summed E-state index contributed by atoms with van der Waals surface area (Å²) in [6.45, 7) is 38.3. The zero-order chi connectivity index (χ0) is 76.9. The van der Waals surface area contributed by atoms with Crippen LogP contribution >= 0.6 is 27.5 Å². The van der Waals surface area contributed by atoms with E-state index in [9.17, 15) is 24.3 Å². The SMILES string of the molecule is CC(C)(O)C(C)(C)O[B]B1OC(C)(C)C(C)(C)O1.CC(C)OC1CN(C(=O)NC2CCN(C(=O)OC(C)(C)C)Cc3cc(-c4ccnc(Nc5cnn(C)c5)n4)ccc32)C1.CC(C)OC1CN(C(=O)NC2CCN(C(=O)OC(C)(C)C)Cc3cc(Br)ccc32)C1.CN=CC(=CN)Nc1nccc(Cl)n1. The maximum absolute atomic E-state index is 13.2. The molecule has 0 bridgehead atoms. The van der Waals surface area contributed by atoms with Crippen LogP contribution in [0.3, 0.4) is 0 Å². The second-order valence-electron chi connectivity index (χ2n) is 30.6. The van der Waals surface area contributed by atoms with Crippen molar-refractivity contribution >= 4 is 90.0 Å². The van der Waals surface area contributed by atoms with Gasteiger partial charge in [-0.1, -0.05) is 45.7 Å². The summed E-state index contributed by atoms with van der Waals surface area (Å²) < 4.78 is 42.7. The summed E-state index contributed by atoms with van der Waals surface area (Å²) in [5.41, 5.74) is 8.67. The van der Waals surface area contributed by atoms with Crippen LogP contribution in [0.1, 0.15) is 172 Å². The monoisotopic (exact) mass is 1520 g/mol. The minimum Gasteiger partial charge on any atom is -0.444 e. The number of nitrogens with two attached hydrogens (primary N) is 1. The van der Waals surface area contributed by atoms with Crippen LogP contribution in [0.25, 0.3) is 11.3 Å². The van der Waals surface area contributed by atoms with Crippen LogP contribution in [0.2, 0.25) is 5.15 Å². The van der Waals surface area contributed by atoms with Crippen LogP contribution in [-0.4, -0.2) is 204 Å². The molecule has 8 heterocycles. The van der Waals surface area contributed by atoms with Crippen LogP contribution in [0.4, 0.5) is 36.8 Å². The highest BCUT2D eigenvalue weighted by Gasteiger charge is 2.52. The van der Waals surface area contributed by atoms with Crippen LogP contribution in [0.5, 0.6) is 0 Å². The molecule has 3 saturated heterocycles. The van der Waals surface area contributed by atoms with Crippen LogP contribution in [0, 0.1) is 0 Å². The lowest BCUT2D eigenvalue weighted by Gasteiger charge is -2.40. The van der Waals surface area contributed by atoms with E-state index >= 15 is 0 Å². The summed E-state index contributed by atoms with van der Waals surface area (Å²) in [4.78, 5) is 79.4. The summed E-state index contributed by atoms with van der Waals surface area (Å²) >= 11 is 9.19. The number of fused-ring (bicyclic) bond motifs is 2. The highest BCUT2D eigenvalue weighted by atomic mass is 79.9. The number of hydrogen-bond acceptors (Lipinski definition) is 21. The van der Waals surface area contributed by atoms with Crippen molar-refractivity contribution < 1.29 is 57.2 Å². The molecule has 10 rings (SSSR count). The average Bonchev–Trinajstić information content (AvgIpc) is 1.26. The predicted octanol–water partition coefficient (Wildman–Crippen LogP) is 11.9. The molecule has 567 valence electrons. The van der Waals surface area contributed by atoms with E-state index in [1.807, 2.05) is 166 Å². The van der Waals surface area contributed by atoms with E-state index < -0.39 is 29.4 Å². The van der Waals surface area contributed by atoms with E-state index in [1.165, 1.54) is 13.6 Å². The molecular weight excluding hydrogens is 1420 g/mol. The fourth-order valence-electron chi connectivity index (χ4n) is 10.9. The van der Waals surface area contributed by atoms with Gasteiger partial charge in [0.1, 0.15) is 16.4 Å².